The van der Waals surface area contributed by atoms with E-state index in [2.05, 4.69) is 20.2 Å². The Labute approximate surface area is 204 Å². The first-order chi connectivity index (χ1) is 17.0. The fourth-order valence-corrected chi connectivity index (χ4v) is 4.35. The number of benzene rings is 3. The molecule has 3 aromatic carbocycles. The largest absolute Gasteiger partial charge is 0.508 e. The molecule has 2 aromatic heterocycles. The molecule has 5 rings (SSSR count). The number of methoxy groups -OCH3 is 1. The van der Waals surface area contributed by atoms with Gasteiger partial charge in [-0.2, -0.15) is 0 Å². The second-order valence-electron chi connectivity index (χ2n) is 7.71. The maximum Gasteiger partial charge on any atom is 0.210 e. The third-order valence-corrected chi connectivity index (χ3v) is 6.31. The molecule has 3 N–H and O–H groups in total. The minimum Gasteiger partial charge on any atom is -0.508 e. The summed E-state index contributed by atoms with van der Waals surface area (Å²) in [5.41, 5.74) is 3.95. The van der Waals surface area contributed by atoms with Gasteiger partial charge in [0.25, 0.3) is 0 Å². The summed E-state index contributed by atoms with van der Waals surface area (Å²) in [6, 6.07) is 18.7. The maximum absolute atomic E-state index is 13.0. The number of aromatic amines is 1. The Morgan fingerprint density at radius 2 is 1.57 bits per heavy atom. The first-order valence-electron chi connectivity index (χ1n) is 10.7. The van der Waals surface area contributed by atoms with E-state index >= 15 is 0 Å². The van der Waals surface area contributed by atoms with Crippen LogP contribution in [0.4, 0.5) is 0 Å². The highest BCUT2D eigenvalue weighted by atomic mass is 32.2. The van der Waals surface area contributed by atoms with Gasteiger partial charge in [-0.15, -0.1) is 10.2 Å². The number of fused-ring (bicyclic) bond motifs is 1. The van der Waals surface area contributed by atoms with E-state index in [0.29, 0.717) is 27.9 Å². The second-order valence-corrected chi connectivity index (χ2v) is 8.65. The van der Waals surface area contributed by atoms with Crippen molar-refractivity contribution in [1.82, 2.24) is 20.2 Å². The molecule has 0 aliphatic rings. The summed E-state index contributed by atoms with van der Waals surface area (Å²) in [7, 11) is 1.60. The smallest absolute Gasteiger partial charge is 0.210 e. The molecule has 2 heterocycles. The minimum atomic E-state index is -0.0659. The Hall–Kier alpha value is -4.37. The molecule has 0 fully saturated rings. The van der Waals surface area contributed by atoms with Gasteiger partial charge in [0, 0.05) is 39.9 Å². The van der Waals surface area contributed by atoms with Gasteiger partial charge in [-0.1, -0.05) is 11.8 Å². The lowest BCUT2D eigenvalue weighted by Crippen LogP contribution is -2.04. The van der Waals surface area contributed by atoms with Crippen molar-refractivity contribution in [2.75, 3.05) is 12.9 Å². The number of carbonyl (C=O) groups excluding carboxylic acids is 1. The van der Waals surface area contributed by atoms with Crippen LogP contribution in [0.5, 0.6) is 17.2 Å². The normalized spacial score (nSPS) is 11.0. The van der Waals surface area contributed by atoms with Crippen LogP contribution in [0, 0.1) is 0 Å². The first-order valence-corrected chi connectivity index (χ1v) is 11.6. The zero-order chi connectivity index (χ0) is 24.4. The lowest BCUT2D eigenvalue weighted by Gasteiger charge is -2.10. The number of carbonyl (C=O) groups is 1. The van der Waals surface area contributed by atoms with E-state index < -0.39 is 0 Å². The Morgan fingerprint density at radius 3 is 2.23 bits per heavy atom. The number of thioether (sulfide) groups is 1. The molecule has 0 amide bonds. The van der Waals surface area contributed by atoms with Crippen LogP contribution in [0.1, 0.15) is 10.4 Å². The van der Waals surface area contributed by atoms with E-state index in [0.717, 1.165) is 22.0 Å². The van der Waals surface area contributed by atoms with Crippen LogP contribution in [0.25, 0.3) is 33.4 Å². The lowest BCUT2D eigenvalue weighted by molar-refractivity contribution is 0.102. The number of aromatic nitrogens is 4. The van der Waals surface area contributed by atoms with Crippen LogP contribution in [0.15, 0.2) is 78.1 Å². The number of ether oxygens (including phenoxy) is 1. The number of hydrogen-bond donors (Lipinski definition) is 3. The maximum atomic E-state index is 13.0. The van der Waals surface area contributed by atoms with E-state index in [-0.39, 0.29) is 23.0 Å². The van der Waals surface area contributed by atoms with Gasteiger partial charge in [0.15, 0.2) is 5.78 Å². The number of H-pyrrole nitrogens is 1. The average molecular weight is 485 g/mol. The van der Waals surface area contributed by atoms with Crippen LogP contribution < -0.4 is 4.74 Å². The van der Waals surface area contributed by atoms with Gasteiger partial charge >= 0.3 is 0 Å². The van der Waals surface area contributed by atoms with Crippen molar-refractivity contribution in [3.8, 4) is 39.8 Å². The van der Waals surface area contributed by atoms with Crippen LogP contribution in [-0.2, 0) is 0 Å². The van der Waals surface area contributed by atoms with Crippen LogP contribution in [-0.4, -0.2) is 49.0 Å². The monoisotopic (exact) mass is 484 g/mol. The third kappa shape index (κ3) is 4.67. The number of ketones is 1. The molecule has 0 spiro atoms. The van der Waals surface area contributed by atoms with E-state index in [1.165, 1.54) is 11.8 Å². The van der Waals surface area contributed by atoms with Crippen LogP contribution in [0.3, 0.4) is 0 Å². The topological polar surface area (TPSA) is 121 Å². The molecule has 0 unspecified atom stereocenters. The van der Waals surface area contributed by atoms with Gasteiger partial charge in [0.05, 0.1) is 12.9 Å². The zero-order valence-electron chi connectivity index (χ0n) is 18.6. The summed E-state index contributed by atoms with van der Waals surface area (Å²) in [5, 5.41) is 29.1. The third-order valence-electron chi connectivity index (χ3n) is 5.47. The van der Waals surface area contributed by atoms with Gasteiger partial charge in [-0.25, -0.2) is 4.98 Å². The molecule has 35 heavy (non-hydrogen) atoms. The van der Waals surface area contributed by atoms with Gasteiger partial charge in [-0.3, -0.25) is 4.79 Å². The Kier molecular flexibility index (Phi) is 6.07. The summed E-state index contributed by atoms with van der Waals surface area (Å²) < 4.78 is 5.24. The van der Waals surface area contributed by atoms with Gasteiger partial charge in [0.2, 0.25) is 5.16 Å². The minimum absolute atomic E-state index is 0.0659. The standard InChI is InChI=1S/C26H20N4O4S/c1-34-19-10-11-20-21(13-27-22(20)12-19)23(33)14-35-26-28-24(15-2-6-17(31)7-3-15)25(29-30-26)16-4-8-18(32)9-5-16/h2-13,27,31-32H,14H2,1H3. The highest BCUT2D eigenvalue weighted by Gasteiger charge is 2.17. The number of nitrogens with zero attached hydrogens (tertiary/aromatic N) is 3. The second kappa shape index (κ2) is 9.47. The fourth-order valence-electron chi connectivity index (χ4n) is 3.68. The molecular formula is C26H20N4O4S. The molecule has 0 saturated heterocycles. The number of rotatable bonds is 7. The van der Waals surface area contributed by atoms with Crippen molar-refractivity contribution in [3.63, 3.8) is 0 Å². The molecule has 8 nitrogen and oxygen atoms in total. The SMILES string of the molecule is COc1ccc2c(C(=O)CSc3nnc(-c4ccc(O)cc4)c(-c4ccc(O)cc4)n3)c[nH]c2c1. The van der Waals surface area contributed by atoms with Gasteiger partial charge in [-0.05, 0) is 60.7 Å². The molecule has 0 radical (unpaired) electrons. The van der Waals surface area contributed by atoms with Gasteiger partial charge in [0.1, 0.15) is 28.6 Å². The van der Waals surface area contributed by atoms with Crippen LogP contribution in [0.2, 0.25) is 0 Å². The molecule has 0 aliphatic carbocycles. The van der Waals surface area contributed by atoms with Crippen molar-refractivity contribution >= 4 is 28.4 Å². The summed E-state index contributed by atoms with van der Waals surface area (Å²) >= 11 is 1.20. The summed E-state index contributed by atoms with van der Waals surface area (Å²) in [4.78, 5) is 20.8. The van der Waals surface area contributed by atoms with Crippen molar-refractivity contribution in [3.05, 3.63) is 78.5 Å². The molecule has 0 bridgehead atoms. The van der Waals surface area contributed by atoms with Gasteiger partial charge < -0.3 is 19.9 Å². The van der Waals surface area contributed by atoms with Crippen molar-refractivity contribution in [2.45, 2.75) is 5.16 Å². The Morgan fingerprint density at radius 1 is 0.914 bits per heavy atom. The fraction of sp³-hybridized carbons (Fsp3) is 0.0769. The highest BCUT2D eigenvalue weighted by Crippen LogP contribution is 2.32. The van der Waals surface area contributed by atoms with E-state index in [1.807, 2.05) is 18.2 Å². The number of nitrogens with one attached hydrogen (secondary N) is 1. The predicted molar refractivity (Wildman–Crippen MR) is 134 cm³/mol. The van der Waals surface area contributed by atoms with Crippen molar-refractivity contribution in [2.24, 2.45) is 0 Å². The summed E-state index contributed by atoms with van der Waals surface area (Å²) in [6.07, 6.45) is 1.70. The molecular weight excluding hydrogens is 464 g/mol. The average Bonchev–Trinajstić information content (AvgIpc) is 3.31. The molecule has 0 atom stereocenters. The van der Waals surface area contributed by atoms with E-state index in [9.17, 15) is 15.0 Å². The number of phenols is 2. The summed E-state index contributed by atoms with van der Waals surface area (Å²) in [6.45, 7) is 0. The predicted octanol–water partition coefficient (Wildman–Crippen LogP) is 5.08. The van der Waals surface area contributed by atoms with Crippen LogP contribution >= 0.6 is 11.8 Å². The van der Waals surface area contributed by atoms with E-state index in [4.69, 9.17) is 4.74 Å². The number of phenolic OH excluding ortho intramolecular Hbond substituents is 2. The van der Waals surface area contributed by atoms with Crippen molar-refractivity contribution in [1.29, 1.82) is 0 Å². The molecule has 9 heteroatoms. The quantitative estimate of drug-likeness (QED) is 0.216. The van der Waals surface area contributed by atoms with E-state index in [1.54, 1.807) is 61.8 Å². The molecule has 174 valence electrons. The number of aromatic hydroxyl groups is 2. The first kappa shape index (κ1) is 22.4. The highest BCUT2D eigenvalue weighted by molar-refractivity contribution is 7.99. The molecule has 5 aromatic rings. The number of hydrogen-bond acceptors (Lipinski definition) is 8. The Balaban J connectivity index is 1.43. The lowest BCUT2D eigenvalue weighted by atomic mass is 10.0. The number of Topliss-reactive ketones (excluding diaryl/α,β-unsaturated/α-hetero) is 1. The van der Waals surface area contributed by atoms with Crippen molar-refractivity contribution < 1.29 is 19.7 Å². The molecule has 0 aliphatic heterocycles. The summed E-state index contributed by atoms with van der Waals surface area (Å²) in [5.74, 6) is 1.06. The Bertz CT molecular complexity index is 1520. The molecule has 0 saturated carbocycles. The zero-order valence-corrected chi connectivity index (χ0v) is 19.4.